The minimum absolute atomic E-state index is 0.310. The van der Waals surface area contributed by atoms with Crippen LogP contribution in [0.4, 0.5) is 11.5 Å². The molecular formula is C27H23ClN6O. The number of hydrogen-bond acceptors (Lipinski definition) is 7. The van der Waals surface area contributed by atoms with Gasteiger partial charge in [-0.1, -0.05) is 47.5 Å². The van der Waals surface area contributed by atoms with Crippen molar-refractivity contribution in [1.29, 1.82) is 0 Å². The average molecular weight is 483 g/mol. The Labute approximate surface area is 208 Å². The van der Waals surface area contributed by atoms with Crippen molar-refractivity contribution in [3.63, 3.8) is 0 Å². The fourth-order valence-corrected chi connectivity index (χ4v) is 4.56. The molecule has 7 nitrogen and oxygen atoms in total. The van der Waals surface area contributed by atoms with Crippen LogP contribution in [0.15, 0.2) is 77.2 Å². The minimum atomic E-state index is 0.310. The predicted octanol–water partition coefficient (Wildman–Crippen LogP) is 5.64. The molecule has 1 aliphatic rings. The zero-order chi connectivity index (χ0) is 23.8. The summed E-state index contributed by atoms with van der Waals surface area (Å²) in [5.74, 6) is 2.08. The van der Waals surface area contributed by atoms with Crippen molar-refractivity contribution in [2.24, 2.45) is 0 Å². The molecule has 0 spiro atoms. The summed E-state index contributed by atoms with van der Waals surface area (Å²) in [5, 5.41) is 10.3. The number of piperazine rings is 1. The van der Waals surface area contributed by atoms with Gasteiger partial charge in [-0.3, -0.25) is 0 Å². The van der Waals surface area contributed by atoms with E-state index in [9.17, 15) is 0 Å². The molecule has 35 heavy (non-hydrogen) atoms. The van der Waals surface area contributed by atoms with Crippen LogP contribution >= 0.6 is 11.6 Å². The first-order valence-electron chi connectivity index (χ1n) is 11.6. The third-order valence-corrected chi connectivity index (χ3v) is 6.49. The van der Waals surface area contributed by atoms with E-state index in [1.54, 1.807) is 0 Å². The number of halogens is 1. The first-order valence-corrected chi connectivity index (χ1v) is 11.9. The maximum Gasteiger partial charge on any atom is 0.286 e. The van der Waals surface area contributed by atoms with Crippen LogP contribution in [0.5, 0.6) is 0 Å². The molecule has 1 saturated heterocycles. The maximum absolute atomic E-state index is 6.20. The molecule has 3 aromatic carbocycles. The molecular weight excluding hydrogens is 460 g/mol. The van der Waals surface area contributed by atoms with E-state index in [1.807, 2.05) is 67.6 Å². The van der Waals surface area contributed by atoms with Gasteiger partial charge in [0, 0.05) is 47.8 Å². The lowest BCUT2D eigenvalue weighted by molar-refractivity contribution is 0.579. The Morgan fingerprint density at radius 1 is 0.771 bits per heavy atom. The lowest BCUT2D eigenvalue weighted by Crippen LogP contribution is -2.47. The molecule has 0 saturated carbocycles. The van der Waals surface area contributed by atoms with Crippen LogP contribution in [0.3, 0.4) is 0 Å². The molecule has 0 unspecified atom stereocenters. The number of rotatable bonds is 4. The quantitative estimate of drug-likeness (QED) is 0.328. The zero-order valence-electron chi connectivity index (χ0n) is 19.2. The van der Waals surface area contributed by atoms with Crippen LogP contribution in [-0.2, 0) is 0 Å². The third kappa shape index (κ3) is 4.31. The molecule has 2 aromatic heterocycles. The Balaban J connectivity index is 1.31. The summed E-state index contributed by atoms with van der Waals surface area (Å²) < 4.78 is 5.99. The largest absolute Gasteiger partial charge is 0.413 e. The highest BCUT2D eigenvalue weighted by Gasteiger charge is 2.23. The first-order chi connectivity index (χ1) is 17.1. The number of aryl methyl sites for hydroxylation is 1. The maximum atomic E-state index is 6.20. The molecule has 0 radical (unpaired) electrons. The molecule has 174 valence electrons. The van der Waals surface area contributed by atoms with Crippen LogP contribution in [-0.4, -0.2) is 46.3 Å². The van der Waals surface area contributed by atoms with Gasteiger partial charge in [-0.05, 0) is 49.4 Å². The van der Waals surface area contributed by atoms with E-state index in [2.05, 4.69) is 32.1 Å². The highest BCUT2D eigenvalue weighted by Crippen LogP contribution is 2.30. The van der Waals surface area contributed by atoms with Crippen LogP contribution in [0.2, 0.25) is 5.02 Å². The lowest BCUT2D eigenvalue weighted by atomic mass is 10.1. The van der Waals surface area contributed by atoms with Gasteiger partial charge in [-0.15, -0.1) is 10.2 Å². The SMILES string of the molecule is Cc1ccc(-c2nnc(-c3nc(N4CCN(c5cccc(Cl)c5)CC4)c4ccccc4n3)o2)cc1. The number of aromatic nitrogens is 4. The van der Waals surface area contributed by atoms with Gasteiger partial charge in [0.25, 0.3) is 5.89 Å². The molecule has 0 bridgehead atoms. The van der Waals surface area contributed by atoms with E-state index in [4.69, 9.17) is 26.0 Å². The second-order valence-electron chi connectivity index (χ2n) is 8.62. The lowest BCUT2D eigenvalue weighted by Gasteiger charge is -2.37. The van der Waals surface area contributed by atoms with Crippen molar-refractivity contribution < 1.29 is 4.42 Å². The van der Waals surface area contributed by atoms with Gasteiger partial charge in [0.1, 0.15) is 5.82 Å². The minimum Gasteiger partial charge on any atom is -0.413 e. The van der Waals surface area contributed by atoms with E-state index in [0.717, 1.165) is 59.2 Å². The molecule has 8 heteroatoms. The Morgan fingerprint density at radius 2 is 1.51 bits per heavy atom. The normalized spacial score (nSPS) is 14.0. The molecule has 3 heterocycles. The summed E-state index contributed by atoms with van der Waals surface area (Å²) in [7, 11) is 0. The number of anilines is 2. The van der Waals surface area contributed by atoms with E-state index < -0.39 is 0 Å². The summed E-state index contributed by atoms with van der Waals surface area (Å²) in [5.41, 5.74) is 4.03. The third-order valence-electron chi connectivity index (χ3n) is 6.25. The zero-order valence-corrected chi connectivity index (χ0v) is 20.0. The van der Waals surface area contributed by atoms with Gasteiger partial charge >= 0.3 is 0 Å². The van der Waals surface area contributed by atoms with Crippen molar-refractivity contribution in [3.05, 3.63) is 83.4 Å². The molecule has 0 N–H and O–H groups in total. The van der Waals surface area contributed by atoms with Gasteiger partial charge in [0.15, 0.2) is 0 Å². The average Bonchev–Trinajstić information content (AvgIpc) is 3.39. The van der Waals surface area contributed by atoms with E-state index in [-0.39, 0.29) is 0 Å². The Hall–Kier alpha value is -3.97. The molecule has 1 aliphatic heterocycles. The second kappa shape index (κ2) is 9.00. The molecule has 0 amide bonds. The molecule has 1 fully saturated rings. The second-order valence-corrected chi connectivity index (χ2v) is 9.06. The van der Waals surface area contributed by atoms with Gasteiger partial charge in [-0.2, -0.15) is 0 Å². The molecule has 5 aromatic rings. The summed E-state index contributed by atoms with van der Waals surface area (Å²) in [6, 6.07) is 24.0. The topological polar surface area (TPSA) is 71.2 Å². The van der Waals surface area contributed by atoms with Crippen molar-refractivity contribution in [2.75, 3.05) is 36.0 Å². The number of benzene rings is 3. The summed E-state index contributed by atoms with van der Waals surface area (Å²) in [6.07, 6.45) is 0. The summed E-state index contributed by atoms with van der Waals surface area (Å²) in [6.45, 7) is 5.43. The van der Waals surface area contributed by atoms with E-state index in [0.29, 0.717) is 17.6 Å². The van der Waals surface area contributed by atoms with Crippen LogP contribution < -0.4 is 9.80 Å². The fraction of sp³-hybridized carbons (Fsp3) is 0.185. The van der Waals surface area contributed by atoms with Gasteiger partial charge in [0.2, 0.25) is 11.7 Å². The van der Waals surface area contributed by atoms with Gasteiger partial charge in [-0.25, -0.2) is 9.97 Å². The van der Waals surface area contributed by atoms with Crippen LogP contribution in [0.1, 0.15) is 5.56 Å². The summed E-state index contributed by atoms with van der Waals surface area (Å²) in [4.78, 5) is 14.3. The Morgan fingerprint density at radius 3 is 2.31 bits per heavy atom. The standard InChI is InChI=1S/C27H23ClN6O/c1-18-9-11-19(12-10-18)26-31-32-27(35-26)24-29-23-8-3-2-7-22(23)25(30-24)34-15-13-33(14-16-34)21-6-4-5-20(28)17-21/h2-12,17H,13-16H2,1H3. The van der Waals surface area contributed by atoms with Crippen molar-refractivity contribution in [1.82, 2.24) is 20.2 Å². The monoisotopic (exact) mass is 482 g/mol. The number of fused-ring (bicyclic) bond motifs is 1. The highest BCUT2D eigenvalue weighted by atomic mass is 35.5. The van der Waals surface area contributed by atoms with E-state index in [1.165, 1.54) is 5.56 Å². The van der Waals surface area contributed by atoms with Crippen LogP contribution in [0, 0.1) is 6.92 Å². The smallest absolute Gasteiger partial charge is 0.286 e. The van der Waals surface area contributed by atoms with Gasteiger partial charge < -0.3 is 14.2 Å². The van der Waals surface area contributed by atoms with Crippen molar-refractivity contribution in [2.45, 2.75) is 6.92 Å². The predicted molar refractivity (Wildman–Crippen MR) is 139 cm³/mol. The summed E-state index contributed by atoms with van der Waals surface area (Å²) >= 11 is 6.20. The van der Waals surface area contributed by atoms with E-state index >= 15 is 0 Å². The highest BCUT2D eigenvalue weighted by molar-refractivity contribution is 6.30. The fourth-order valence-electron chi connectivity index (χ4n) is 4.37. The van der Waals surface area contributed by atoms with Crippen molar-refractivity contribution >= 4 is 34.0 Å². The van der Waals surface area contributed by atoms with Gasteiger partial charge in [0.05, 0.1) is 5.52 Å². The Bertz CT molecular complexity index is 1490. The molecule has 0 aliphatic carbocycles. The number of para-hydroxylation sites is 1. The molecule has 0 atom stereocenters. The first kappa shape index (κ1) is 21.6. The van der Waals surface area contributed by atoms with Crippen molar-refractivity contribution in [3.8, 4) is 23.2 Å². The van der Waals surface area contributed by atoms with Crippen LogP contribution in [0.25, 0.3) is 34.1 Å². The Kier molecular flexibility index (Phi) is 5.54. The number of hydrogen-bond donors (Lipinski definition) is 0. The number of nitrogens with zero attached hydrogens (tertiary/aromatic N) is 6. The molecule has 6 rings (SSSR count).